The Morgan fingerprint density at radius 1 is 1.33 bits per heavy atom. The average Bonchev–Trinajstić information content (AvgIpc) is 2.32. The molecule has 18 heavy (non-hydrogen) atoms. The monoisotopic (exact) mass is 265 g/mol. The molecule has 0 saturated heterocycles. The number of aromatic nitrogens is 2. The molecule has 9 heteroatoms. The first-order valence-electron chi connectivity index (χ1n) is 5.14. The first-order valence-corrected chi connectivity index (χ1v) is 5.14. The number of anilines is 2. The SMILES string of the molecule is COc1c(NN)ncnc1NCCCC(F)(F)F. The first-order chi connectivity index (χ1) is 8.48. The van der Waals surface area contributed by atoms with E-state index in [4.69, 9.17) is 10.6 Å². The van der Waals surface area contributed by atoms with Gasteiger partial charge in [-0.3, -0.25) is 0 Å². The van der Waals surface area contributed by atoms with Crippen LogP contribution in [-0.2, 0) is 0 Å². The zero-order valence-electron chi connectivity index (χ0n) is 9.71. The maximum atomic E-state index is 11.9. The number of hydrazine groups is 1. The molecule has 102 valence electrons. The predicted octanol–water partition coefficient (Wildman–Crippen LogP) is 1.53. The Bertz CT molecular complexity index is 385. The van der Waals surface area contributed by atoms with Crippen molar-refractivity contribution in [3.05, 3.63) is 6.33 Å². The molecule has 0 aromatic carbocycles. The van der Waals surface area contributed by atoms with Crippen LogP contribution in [0.15, 0.2) is 6.33 Å². The van der Waals surface area contributed by atoms with Crippen molar-refractivity contribution in [2.24, 2.45) is 5.84 Å². The molecule has 4 N–H and O–H groups in total. The highest BCUT2D eigenvalue weighted by atomic mass is 19.4. The molecule has 1 aromatic heterocycles. The molecular formula is C9H14F3N5O. The minimum Gasteiger partial charge on any atom is -0.490 e. The van der Waals surface area contributed by atoms with Crippen LogP contribution in [0.5, 0.6) is 5.75 Å². The van der Waals surface area contributed by atoms with Crippen molar-refractivity contribution in [2.45, 2.75) is 19.0 Å². The Hall–Kier alpha value is -1.77. The van der Waals surface area contributed by atoms with Crippen LogP contribution in [0.2, 0.25) is 0 Å². The standard InChI is InChI=1S/C9H14F3N5O/c1-18-6-7(15-5-16-8(6)17-13)14-4-2-3-9(10,11)12/h5H,2-4,13H2,1H3,(H2,14,15,16,17). The fraction of sp³-hybridized carbons (Fsp3) is 0.556. The Morgan fingerprint density at radius 2 is 2.00 bits per heavy atom. The number of nitrogen functional groups attached to an aromatic ring is 1. The largest absolute Gasteiger partial charge is 0.490 e. The lowest BCUT2D eigenvalue weighted by atomic mass is 10.3. The second kappa shape index (κ2) is 6.24. The van der Waals surface area contributed by atoms with E-state index in [1.54, 1.807) is 0 Å². The molecule has 1 heterocycles. The molecule has 6 nitrogen and oxygen atoms in total. The van der Waals surface area contributed by atoms with Crippen molar-refractivity contribution in [1.82, 2.24) is 9.97 Å². The van der Waals surface area contributed by atoms with Gasteiger partial charge in [-0.05, 0) is 6.42 Å². The highest BCUT2D eigenvalue weighted by Gasteiger charge is 2.26. The summed E-state index contributed by atoms with van der Waals surface area (Å²) in [5.74, 6) is 6.02. The van der Waals surface area contributed by atoms with Gasteiger partial charge in [0.1, 0.15) is 6.33 Å². The van der Waals surface area contributed by atoms with Gasteiger partial charge in [0.2, 0.25) is 5.75 Å². The van der Waals surface area contributed by atoms with Crippen LogP contribution in [-0.4, -0.2) is 29.8 Å². The van der Waals surface area contributed by atoms with Gasteiger partial charge in [-0.2, -0.15) is 13.2 Å². The minimum absolute atomic E-state index is 0.0535. The second-order valence-electron chi connectivity index (χ2n) is 3.39. The number of halogens is 3. The van der Waals surface area contributed by atoms with Crippen molar-refractivity contribution in [3.8, 4) is 5.75 Å². The molecule has 0 radical (unpaired) electrons. The van der Waals surface area contributed by atoms with Crippen LogP contribution >= 0.6 is 0 Å². The van der Waals surface area contributed by atoms with Gasteiger partial charge in [0, 0.05) is 13.0 Å². The molecule has 0 fully saturated rings. The lowest BCUT2D eigenvalue weighted by Crippen LogP contribution is -2.14. The number of ether oxygens (including phenoxy) is 1. The number of nitrogens with one attached hydrogen (secondary N) is 2. The quantitative estimate of drug-likeness (QED) is 0.411. The summed E-state index contributed by atoms with van der Waals surface area (Å²) in [5.41, 5.74) is 2.31. The molecule has 0 bridgehead atoms. The third kappa shape index (κ3) is 4.24. The van der Waals surface area contributed by atoms with Gasteiger partial charge in [-0.1, -0.05) is 0 Å². The lowest BCUT2D eigenvalue weighted by Gasteiger charge is -2.12. The fourth-order valence-corrected chi connectivity index (χ4v) is 1.29. The second-order valence-corrected chi connectivity index (χ2v) is 3.39. The molecule has 0 unspecified atom stereocenters. The van der Waals surface area contributed by atoms with Gasteiger partial charge in [0.05, 0.1) is 7.11 Å². The van der Waals surface area contributed by atoms with Crippen molar-refractivity contribution in [3.63, 3.8) is 0 Å². The van der Waals surface area contributed by atoms with Crippen LogP contribution in [0.4, 0.5) is 24.8 Å². The molecule has 0 aliphatic rings. The van der Waals surface area contributed by atoms with E-state index in [1.165, 1.54) is 13.4 Å². The highest BCUT2D eigenvalue weighted by Crippen LogP contribution is 2.28. The number of methoxy groups -OCH3 is 1. The van der Waals surface area contributed by atoms with Crippen LogP contribution < -0.4 is 21.3 Å². The van der Waals surface area contributed by atoms with Gasteiger partial charge >= 0.3 is 6.18 Å². The molecule has 0 atom stereocenters. The van der Waals surface area contributed by atoms with Crippen LogP contribution in [0, 0.1) is 0 Å². The molecule has 0 aliphatic heterocycles. The van der Waals surface area contributed by atoms with E-state index >= 15 is 0 Å². The van der Waals surface area contributed by atoms with Gasteiger partial charge in [0.15, 0.2) is 11.6 Å². The van der Waals surface area contributed by atoms with E-state index in [1.807, 2.05) is 0 Å². The molecule has 0 spiro atoms. The maximum absolute atomic E-state index is 11.9. The molecule has 1 aromatic rings. The normalized spacial score (nSPS) is 11.2. The topological polar surface area (TPSA) is 85.1 Å². The highest BCUT2D eigenvalue weighted by molar-refractivity contribution is 5.62. The summed E-state index contributed by atoms with van der Waals surface area (Å²) in [4.78, 5) is 7.67. The van der Waals surface area contributed by atoms with Gasteiger partial charge in [0.25, 0.3) is 0 Å². The summed E-state index contributed by atoms with van der Waals surface area (Å²) in [6.45, 7) is 0.122. The number of rotatable bonds is 6. The summed E-state index contributed by atoms with van der Waals surface area (Å²) in [7, 11) is 1.39. The van der Waals surface area contributed by atoms with Gasteiger partial charge in [-0.25, -0.2) is 15.8 Å². The van der Waals surface area contributed by atoms with Crippen molar-refractivity contribution >= 4 is 11.6 Å². The summed E-state index contributed by atoms with van der Waals surface area (Å²) in [5, 5.41) is 2.74. The summed E-state index contributed by atoms with van der Waals surface area (Å²) in [6.07, 6.45) is -3.83. The third-order valence-corrected chi connectivity index (χ3v) is 2.07. The van der Waals surface area contributed by atoms with Crippen molar-refractivity contribution in [2.75, 3.05) is 24.4 Å². The van der Waals surface area contributed by atoms with Crippen molar-refractivity contribution in [1.29, 1.82) is 0 Å². The van der Waals surface area contributed by atoms with Crippen LogP contribution in [0.25, 0.3) is 0 Å². The minimum atomic E-state index is -4.15. The average molecular weight is 265 g/mol. The van der Waals surface area contributed by atoms with E-state index in [2.05, 4.69) is 20.7 Å². The molecule has 0 saturated carbocycles. The van der Waals surface area contributed by atoms with Crippen LogP contribution in [0.1, 0.15) is 12.8 Å². The number of hydrogen-bond acceptors (Lipinski definition) is 6. The smallest absolute Gasteiger partial charge is 0.389 e. The molecular weight excluding hydrogens is 251 g/mol. The van der Waals surface area contributed by atoms with Gasteiger partial charge in [-0.15, -0.1) is 0 Å². The van der Waals surface area contributed by atoms with Crippen LogP contribution in [0.3, 0.4) is 0 Å². The molecule has 1 rings (SSSR count). The van der Waals surface area contributed by atoms with Crippen molar-refractivity contribution < 1.29 is 17.9 Å². The number of nitrogens with zero attached hydrogens (tertiary/aromatic N) is 2. The molecule has 0 amide bonds. The van der Waals surface area contributed by atoms with Gasteiger partial charge < -0.3 is 15.5 Å². The van der Waals surface area contributed by atoms with E-state index < -0.39 is 12.6 Å². The van der Waals surface area contributed by atoms with E-state index in [-0.39, 0.29) is 24.5 Å². The molecule has 0 aliphatic carbocycles. The zero-order valence-corrected chi connectivity index (χ0v) is 9.71. The van der Waals surface area contributed by atoms with E-state index in [0.717, 1.165) is 0 Å². The first kappa shape index (κ1) is 14.3. The van der Waals surface area contributed by atoms with E-state index in [9.17, 15) is 13.2 Å². The third-order valence-electron chi connectivity index (χ3n) is 2.07. The Kier molecular flexibility index (Phi) is 4.95. The maximum Gasteiger partial charge on any atom is 0.389 e. The number of alkyl halides is 3. The summed E-state index contributed by atoms with van der Waals surface area (Å²) in [6, 6.07) is 0. The number of nitrogens with two attached hydrogens (primary N) is 1. The zero-order chi connectivity index (χ0) is 13.6. The lowest BCUT2D eigenvalue weighted by molar-refractivity contribution is -0.134. The Labute approximate surface area is 102 Å². The number of hydrogen-bond donors (Lipinski definition) is 3. The fourth-order valence-electron chi connectivity index (χ4n) is 1.29. The summed E-state index contributed by atoms with van der Waals surface area (Å²) >= 11 is 0. The Morgan fingerprint density at radius 3 is 2.56 bits per heavy atom. The Balaban J connectivity index is 2.57. The summed E-state index contributed by atoms with van der Waals surface area (Å²) < 4.78 is 40.8. The van der Waals surface area contributed by atoms with E-state index in [0.29, 0.717) is 5.82 Å². The predicted molar refractivity (Wildman–Crippen MR) is 60.2 cm³/mol.